The maximum Gasteiger partial charge on any atom is 0.145 e. The van der Waals surface area contributed by atoms with Crippen molar-refractivity contribution in [1.29, 1.82) is 0 Å². The molecule has 0 amide bonds. The van der Waals surface area contributed by atoms with Crippen molar-refractivity contribution in [3.63, 3.8) is 0 Å². The normalized spacial score (nSPS) is 10.2. The Kier molecular flexibility index (Phi) is 4.11. The molecule has 0 aliphatic carbocycles. The predicted octanol–water partition coefficient (Wildman–Crippen LogP) is 2.77. The second kappa shape index (κ2) is 6.01. The molecule has 0 bridgehead atoms. The number of ether oxygens (including phenoxy) is 1. The molecule has 88 valence electrons. The van der Waals surface area contributed by atoms with E-state index in [0.29, 0.717) is 0 Å². The number of nitrogens with zero attached hydrogens (tertiary/aromatic N) is 1. The van der Waals surface area contributed by atoms with Crippen molar-refractivity contribution in [1.82, 2.24) is 4.98 Å². The summed E-state index contributed by atoms with van der Waals surface area (Å²) >= 11 is 0. The summed E-state index contributed by atoms with van der Waals surface area (Å²) in [7, 11) is 0. The predicted molar refractivity (Wildman–Crippen MR) is 68.1 cm³/mol. The van der Waals surface area contributed by atoms with Crippen LogP contribution in [0, 0.1) is 0 Å². The first-order valence-corrected chi connectivity index (χ1v) is 5.75. The number of aryl methyl sites for hydroxylation is 1. The van der Waals surface area contributed by atoms with Gasteiger partial charge in [-0.05, 0) is 49.2 Å². The zero-order valence-electron chi connectivity index (χ0n) is 9.67. The van der Waals surface area contributed by atoms with Crippen molar-refractivity contribution in [2.24, 2.45) is 5.73 Å². The van der Waals surface area contributed by atoms with Gasteiger partial charge in [0.25, 0.3) is 0 Å². The van der Waals surface area contributed by atoms with E-state index in [1.165, 1.54) is 5.56 Å². The van der Waals surface area contributed by atoms with Crippen LogP contribution in [-0.2, 0) is 6.42 Å². The number of nitrogens with two attached hydrogens (primary N) is 1. The Morgan fingerprint density at radius 3 is 2.53 bits per heavy atom. The summed E-state index contributed by atoms with van der Waals surface area (Å²) < 4.78 is 5.65. The zero-order chi connectivity index (χ0) is 11.9. The molecule has 0 aliphatic heterocycles. The lowest BCUT2D eigenvalue weighted by atomic mass is 10.1. The van der Waals surface area contributed by atoms with E-state index in [1.54, 1.807) is 12.4 Å². The van der Waals surface area contributed by atoms with Crippen molar-refractivity contribution in [3.05, 3.63) is 54.4 Å². The molecule has 0 unspecified atom stereocenters. The summed E-state index contributed by atoms with van der Waals surface area (Å²) in [5.74, 6) is 1.58. The molecule has 1 aromatic heterocycles. The lowest BCUT2D eigenvalue weighted by Crippen LogP contribution is -2.00. The lowest BCUT2D eigenvalue weighted by Gasteiger charge is -2.06. The first kappa shape index (κ1) is 11.6. The van der Waals surface area contributed by atoms with Gasteiger partial charge in [0.2, 0.25) is 0 Å². The van der Waals surface area contributed by atoms with Crippen molar-refractivity contribution >= 4 is 0 Å². The van der Waals surface area contributed by atoms with Crippen LogP contribution in [0.15, 0.2) is 48.8 Å². The standard InChI is InChI=1S/C14H16N2O/c15-9-1-3-12-5-7-13(8-6-12)17-14-4-2-10-16-11-14/h2,4-8,10-11H,1,3,9,15H2. The fourth-order valence-electron chi connectivity index (χ4n) is 1.57. The molecular formula is C14H16N2O. The monoisotopic (exact) mass is 228 g/mol. The summed E-state index contributed by atoms with van der Waals surface area (Å²) in [4.78, 5) is 4.00. The number of rotatable bonds is 5. The van der Waals surface area contributed by atoms with Gasteiger partial charge in [0.05, 0.1) is 6.20 Å². The van der Waals surface area contributed by atoms with Gasteiger partial charge in [-0.2, -0.15) is 0 Å². The Morgan fingerprint density at radius 2 is 1.88 bits per heavy atom. The van der Waals surface area contributed by atoms with Crippen LogP contribution in [-0.4, -0.2) is 11.5 Å². The van der Waals surface area contributed by atoms with Crippen LogP contribution in [0.5, 0.6) is 11.5 Å². The molecule has 2 aromatic rings. The third kappa shape index (κ3) is 3.57. The minimum absolute atomic E-state index is 0.730. The average molecular weight is 228 g/mol. The van der Waals surface area contributed by atoms with Crippen LogP contribution in [0.25, 0.3) is 0 Å². The summed E-state index contributed by atoms with van der Waals surface area (Å²) in [6.07, 6.45) is 5.46. The quantitative estimate of drug-likeness (QED) is 0.856. The molecule has 3 nitrogen and oxygen atoms in total. The van der Waals surface area contributed by atoms with E-state index < -0.39 is 0 Å². The molecule has 2 rings (SSSR count). The molecule has 0 saturated carbocycles. The smallest absolute Gasteiger partial charge is 0.145 e. The number of pyridine rings is 1. The van der Waals surface area contributed by atoms with E-state index in [1.807, 2.05) is 24.3 Å². The summed E-state index contributed by atoms with van der Waals surface area (Å²) in [6, 6.07) is 11.8. The van der Waals surface area contributed by atoms with E-state index in [-0.39, 0.29) is 0 Å². The molecule has 0 atom stereocenters. The number of hydrogen-bond acceptors (Lipinski definition) is 3. The number of hydrogen-bond donors (Lipinski definition) is 1. The number of benzene rings is 1. The van der Waals surface area contributed by atoms with E-state index in [9.17, 15) is 0 Å². The van der Waals surface area contributed by atoms with Gasteiger partial charge in [-0.1, -0.05) is 12.1 Å². The summed E-state index contributed by atoms with van der Waals surface area (Å²) in [5, 5.41) is 0. The molecular weight excluding hydrogens is 212 g/mol. The molecule has 1 heterocycles. The Labute approximate surface area is 101 Å². The van der Waals surface area contributed by atoms with E-state index >= 15 is 0 Å². The number of aromatic nitrogens is 1. The van der Waals surface area contributed by atoms with Gasteiger partial charge in [0.1, 0.15) is 11.5 Å². The van der Waals surface area contributed by atoms with Gasteiger partial charge in [-0.3, -0.25) is 4.98 Å². The van der Waals surface area contributed by atoms with Crippen LogP contribution < -0.4 is 10.5 Å². The molecule has 0 saturated heterocycles. The maximum atomic E-state index is 5.65. The molecule has 0 radical (unpaired) electrons. The van der Waals surface area contributed by atoms with Crippen LogP contribution in [0.3, 0.4) is 0 Å². The zero-order valence-corrected chi connectivity index (χ0v) is 9.67. The van der Waals surface area contributed by atoms with Gasteiger partial charge in [-0.15, -0.1) is 0 Å². The van der Waals surface area contributed by atoms with Gasteiger partial charge in [0, 0.05) is 6.20 Å². The molecule has 17 heavy (non-hydrogen) atoms. The van der Waals surface area contributed by atoms with E-state index in [2.05, 4.69) is 17.1 Å². The Balaban J connectivity index is 1.98. The van der Waals surface area contributed by atoms with Crippen LogP contribution in [0.2, 0.25) is 0 Å². The molecule has 3 heteroatoms. The Morgan fingerprint density at radius 1 is 1.06 bits per heavy atom. The Hall–Kier alpha value is -1.87. The second-order valence-electron chi connectivity index (χ2n) is 3.83. The third-order valence-corrected chi connectivity index (χ3v) is 2.46. The minimum Gasteiger partial charge on any atom is -0.456 e. The van der Waals surface area contributed by atoms with Crippen LogP contribution in [0.1, 0.15) is 12.0 Å². The Bertz CT molecular complexity index is 440. The van der Waals surface area contributed by atoms with E-state index in [0.717, 1.165) is 30.9 Å². The summed E-state index contributed by atoms with van der Waals surface area (Å²) in [5.41, 5.74) is 6.76. The lowest BCUT2D eigenvalue weighted by molar-refractivity contribution is 0.480. The van der Waals surface area contributed by atoms with Gasteiger partial charge in [-0.25, -0.2) is 0 Å². The summed E-state index contributed by atoms with van der Waals surface area (Å²) in [6.45, 7) is 0.730. The van der Waals surface area contributed by atoms with Crippen molar-refractivity contribution in [2.75, 3.05) is 6.54 Å². The highest BCUT2D eigenvalue weighted by molar-refractivity contribution is 5.31. The van der Waals surface area contributed by atoms with Crippen LogP contribution in [0.4, 0.5) is 0 Å². The first-order chi connectivity index (χ1) is 8.38. The van der Waals surface area contributed by atoms with Gasteiger partial charge < -0.3 is 10.5 Å². The van der Waals surface area contributed by atoms with Gasteiger partial charge >= 0.3 is 0 Å². The SMILES string of the molecule is NCCCc1ccc(Oc2cccnc2)cc1. The topological polar surface area (TPSA) is 48.1 Å². The van der Waals surface area contributed by atoms with Gasteiger partial charge in [0.15, 0.2) is 0 Å². The largest absolute Gasteiger partial charge is 0.456 e. The fourth-order valence-corrected chi connectivity index (χ4v) is 1.57. The minimum atomic E-state index is 0.730. The highest BCUT2D eigenvalue weighted by atomic mass is 16.5. The second-order valence-corrected chi connectivity index (χ2v) is 3.83. The van der Waals surface area contributed by atoms with Crippen molar-refractivity contribution < 1.29 is 4.74 Å². The van der Waals surface area contributed by atoms with Crippen molar-refractivity contribution in [3.8, 4) is 11.5 Å². The highest BCUT2D eigenvalue weighted by Gasteiger charge is 1.97. The molecule has 1 aromatic carbocycles. The first-order valence-electron chi connectivity index (χ1n) is 5.75. The third-order valence-electron chi connectivity index (χ3n) is 2.46. The van der Waals surface area contributed by atoms with Crippen molar-refractivity contribution in [2.45, 2.75) is 12.8 Å². The molecule has 0 aliphatic rings. The molecule has 2 N–H and O–H groups in total. The molecule has 0 spiro atoms. The fraction of sp³-hybridized carbons (Fsp3) is 0.214. The highest BCUT2D eigenvalue weighted by Crippen LogP contribution is 2.20. The van der Waals surface area contributed by atoms with Crippen LogP contribution >= 0.6 is 0 Å². The average Bonchev–Trinajstić information content (AvgIpc) is 2.39. The maximum absolute atomic E-state index is 5.65. The van der Waals surface area contributed by atoms with E-state index in [4.69, 9.17) is 10.5 Å². The molecule has 0 fully saturated rings.